The monoisotopic (exact) mass is 247 g/mol. The van der Waals surface area contributed by atoms with E-state index >= 15 is 0 Å². The largest absolute Gasteiger partial charge is 0.465 e. The summed E-state index contributed by atoms with van der Waals surface area (Å²) in [6.45, 7) is 5.24. The van der Waals surface area contributed by atoms with Crippen molar-refractivity contribution in [3.63, 3.8) is 0 Å². The molecule has 0 unspecified atom stereocenters. The maximum atomic E-state index is 12.3. The molecule has 0 saturated carbocycles. The van der Waals surface area contributed by atoms with Crippen LogP contribution in [0.5, 0.6) is 0 Å². The summed E-state index contributed by atoms with van der Waals surface area (Å²) < 4.78 is 5.26. The van der Waals surface area contributed by atoms with E-state index in [0.29, 0.717) is 6.61 Å². The highest BCUT2D eigenvalue weighted by Crippen LogP contribution is 2.31. The number of hydrogen-bond donors (Lipinski definition) is 1. The van der Waals surface area contributed by atoms with Gasteiger partial charge < -0.3 is 10.1 Å². The van der Waals surface area contributed by atoms with E-state index in [1.54, 1.807) is 0 Å². The number of fused-ring (bicyclic) bond motifs is 1. The smallest absolute Gasteiger partial charge is 0.327 e. The number of carbonyl (C=O) groups is 1. The molecule has 0 fully saturated rings. The lowest BCUT2D eigenvalue weighted by molar-refractivity contribution is -0.150. The molecule has 2 rings (SSSR count). The molecule has 1 N–H and O–H groups in total. The lowest BCUT2D eigenvalue weighted by Gasteiger charge is -2.27. The maximum absolute atomic E-state index is 12.3. The van der Waals surface area contributed by atoms with E-state index < -0.39 is 5.54 Å². The molecule has 0 amide bonds. The standard InChI is InChI=1S/C15H21NO2/c1-3-9-16-15(14(17)18-4-2)10-12-7-5-6-8-13(12)11-15/h5-8,16H,3-4,9-11H2,1-2H3. The average molecular weight is 247 g/mol. The Hall–Kier alpha value is -1.35. The van der Waals surface area contributed by atoms with E-state index in [0.717, 1.165) is 25.8 Å². The highest BCUT2D eigenvalue weighted by atomic mass is 16.5. The lowest BCUT2D eigenvalue weighted by Crippen LogP contribution is -2.54. The summed E-state index contributed by atoms with van der Waals surface area (Å²) in [6.07, 6.45) is 2.49. The summed E-state index contributed by atoms with van der Waals surface area (Å²) in [5.41, 5.74) is 1.97. The van der Waals surface area contributed by atoms with Crippen LogP contribution >= 0.6 is 0 Å². The van der Waals surface area contributed by atoms with Gasteiger partial charge in [-0.05, 0) is 31.0 Å². The van der Waals surface area contributed by atoms with Gasteiger partial charge in [0.2, 0.25) is 0 Å². The van der Waals surface area contributed by atoms with Crippen molar-refractivity contribution >= 4 is 5.97 Å². The summed E-state index contributed by atoms with van der Waals surface area (Å²) in [4.78, 5) is 12.3. The normalized spacial score (nSPS) is 16.3. The van der Waals surface area contributed by atoms with Crippen molar-refractivity contribution in [1.29, 1.82) is 0 Å². The van der Waals surface area contributed by atoms with E-state index in [4.69, 9.17) is 4.74 Å². The van der Waals surface area contributed by atoms with Crippen LogP contribution in [0.2, 0.25) is 0 Å². The van der Waals surface area contributed by atoms with Gasteiger partial charge in [0.05, 0.1) is 6.61 Å². The molecule has 3 heteroatoms. The van der Waals surface area contributed by atoms with Crippen molar-refractivity contribution in [3.05, 3.63) is 35.4 Å². The first-order chi connectivity index (χ1) is 8.72. The molecule has 1 aromatic carbocycles. The molecular weight excluding hydrogens is 226 g/mol. The summed E-state index contributed by atoms with van der Waals surface area (Å²) in [7, 11) is 0. The number of esters is 1. The fourth-order valence-electron chi connectivity index (χ4n) is 2.59. The molecular formula is C15H21NO2. The van der Waals surface area contributed by atoms with Crippen LogP contribution in [-0.2, 0) is 22.4 Å². The zero-order valence-electron chi connectivity index (χ0n) is 11.2. The van der Waals surface area contributed by atoms with E-state index in [9.17, 15) is 4.79 Å². The second kappa shape index (κ2) is 5.53. The quantitative estimate of drug-likeness (QED) is 0.810. The molecule has 0 radical (unpaired) electrons. The van der Waals surface area contributed by atoms with Crippen molar-refractivity contribution in [2.75, 3.05) is 13.2 Å². The Morgan fingerprint density at radius 1 is 1.28 bits per heavy atom. The number of carbonyl (C=O) groups excluding carboxylic acids is 1. The molecule has 98 valence electrons. The van der Waals surface area contributed by atoms with Crippen molar-refractivity contribution in [2.45, 2.75) is 38.6 Å². The highest BCUT2D eigenvalue weighted by molar-refractivity contribution is 5.83. The first-order valence-electron chi connectivity index (χ1n) is 6.71. The first-order valence-corrected chi connectivity index (χ1v) is 6.71. The number of benzene rings is 1. The second-order valence-corrected chi connectivity index (χ2v) is 4.85. The Kier molecular flexibility index (Phi) is 4.02. The van der Waals surface area contributed by atoms with Gasteiger partial charge in [0.25, 0.3) is 0 Å². The minimum atomic E-state index is -0.546. The van der Waals surface area contributed by atoms with Gasteiger partial charge >= 0.3 is 5.97 Å². The predicted molar refractivity (Wildman–Crippen MR) is 71.5 cm³/mol. The SMILES string of the molecule is CCCNC1(C(=O)OCC)Cc2ccccc2C1. The van der Waals surface area contributed by atoms with Crippen molar-refractivity contribution < 1.29 is 9.53 Å². The summed E-state index contributed by atoms with van der Waals surface area (Å²) in [5.74, 6) is -0.116. The number of rotatable bonds is 5. The Morgan fingerprint density at radius 3 is 2.39 bits per heavy atom. The van der Waals surface area contributed by atoms with E-state index in [2.05, 4.69) is 24.4 Å². The average Bonchev–Trinajstić information content (AvgIpc) is 2.76. The molecule has 3 nitrogen and oxygen atoms in total. The third-order valence-electron chi connectivity index (χ3n) is 3.48. The van der Waals surface area contributed by atoms with Crippen LogP contribution in [0.3, 0.4) is 0 Å². The van der Waals surface area contributed by atoms with Gasteiger partial charge in [-0.15, -0.1) is 0 Å². The molecule has 18 heavy (non-hydrogen) atoms. The van der Waals surface area contributed by atoms with Gasteiger partial charge in [-0.1, -0.05) is 31.2 Å². The minimum Gasteiger partial charge on any atom is -0.465 e. The molecule has 1 aromatic rings. The van der Waals surface area contributed by atoms with Crippen molar-refractivity contribution in [2.24, 2.45) is 0 Å². The summed E-state index contributed by atoms with van der Waals surface area (Å²) >= 11 is 0. The van der Waals surface area contributed by atoms with Gasteiger partial charge in [-0.2, -0.15) is 0 Å². The first kappa shape index (κ1) is 13.1. The zero-order valence-corrected chi connectivity index (χ0v) is 11.2. The predicted octanol–water partition coefficient (Wildman–Crippen LogP) is 2.09. The maximum Gasteiger partial charge on any atom is 0.327 e. The van der Waals surface area contributed by atoms with Crippen LogP contribution in [-0.4, -0.2) is 24.7 Å². The lowest BCUT2D eigenvalue weighted by atomic mass is 9.95. The van der Waals surface area contributed by atoms with Crippen LogP contribution in [0.1, 0.15) is 31.4 Å². The number of ether oxygens (including phenoxy) is 1. The van der Waals surface area contributed by atoms with Gasteiger partial charge in [0, 0.05) is 12.8 Å². The highest BCUT2D eigenvalue weighted by Gasteiger charge is 2.44. The minimum absolute atomic E-state index is 0.116. The van der Waals surface area contributed by atoms with Gasteiger partial charge in [-0.3, -0.25) is 4.79 Å². The molecule has 1 aliphatic carbocycles. The molecule has 0 saturated heterocycles. The van der Waals surface area contributed by atoms with Crippen molar-refractivity contribution in [3.8, 4) is 0 Å². The molecule has 0 heterocycles. The number of hydrogen-bond acceptors (Lipinski definition) is 3. The Bertz CT molecular complexity index is 403. The fraction of sp³-hybridized carbons (Fsp3) is 0.533. The topological polar surface area (TPSA) is 38.3 Å². The number of nitrogens with one attached hydrogen (secondary N) is 1. The Labute approximate surface area is 109 Å². The Balaban J connectivity index is 2.21. The van der Waals surface area contributed by atoms with Crippen molar-refractivity contribution in [1.82, 2.24) is 5.32 Å². The summed E-state index contributed by atoms with van der Waals surface area (Å²) in [5, 5.41) is 3.40. The van der Waals surface area contributed by atoms with E-state index in [-0.39, 0.29) is 5.97 Å². The van der Waals surface area contributed by atoms with Crippen LogP contribution < -0.4 is 5.32 Å². The Morgan fingerprint density at radius 2 is 1.89 bits per heavy atom. The third kappa shape index (κ3) is 2.41. The molecule has 0 aliphatic heterocycles. The van der Waals surface area contributed by atoms with Gasteiger partial charge in [-0.25, -0.2) is 0 Å². The molecule has 0 bridgehead atoms. The fourth-order valence-corrected chi connectivity index (χ4v) is 2.59. The molecule has 0 spiro atoms. The van der Waals surface area contributed by atoms with Gasteiger partial charge in [0.1, 0.15) is 5.54 Å². The van der Waals surface area contributed by atoms with Crippen LogP contribution in [0.4, 0.5) is 0 Å². The zero-order chi connectivity index (χ0) is 13.0. The summed E-state index contributed by atoms with van der Waals surface area (Å²) in [6, 6.07) is 8.26. The molecule has 1 aliphatic rings. The second-order valence-electron chi connectivity index (χ2n) is 4.85. The van der Waals surface area contributed by atoms with E-state index in [1.165, 1.54) is 11.1 Å². The third-order valence-corrected chi connectivity index (χ3v) is 3.48. The van der Waals surface area contributed by atoms with Crippen LogP contribution in [0.15, 0.2) is 24.3 Å². The van der Waals surface area contributed by atoms with Gasteiger partial charge in [0.15, 0.2) is 0 Å². The molecule has 0 atom stereocenters. The van der Waals surface area contributed by atoms with Crippen LogP contribution in [0.25, 0.3) is 0 Å². The van der Waals surface area contributed by atoms with Crippen LogP contribution in [0, 0.1) is 0 Å². The molecule has 0 aromatic heterocycles. The van der Waals surface area contributed by atoms with E-state index in [1.807, 2.05) is 19.1 Å².